The maximum absolute atomic E-state index is 13.5. The van der Waals surface area contributed by atoms with E-state index >= 15 is 0 Å². The summed E-state index contributed by atoms with van der Waals surface area (Å²) in [7, 11) is 0. The molecule has 9 heteroatoms. The Labute approximate surface area is 264 Å². The highest BCUT2D eigenvalue weighted by molar-refractivity contribution is 7.99. The fourth-order valence-electron chi connectivity index (χ4n) is 5.58. The van der Waals surface area contributed by atoms with Crippen molar-refractivity contribution in [1.29, 1.82) is 5.26 Å². The Hall–Kier alpha value is -1.73. The van der Waals surface area contributed by atoms with Crippen molar-refractivity contribution in [2.75, 3.05) is 49.8 Å². The van der Waals surface area contributed by atoms with E-state index in [1.54, 1.807) is 17.8 Å². The summed E-state index contributed by atoms with van der Waals surface area (Å²) in [4.78, 5) is 30.6. The van der Waals surface area contributed by atoms with Crippen LogP contribution in [0.4, 0.5) is 0 Å². The summed E-state index contributed by atoms with van der Waals surface area (Å²) in [5.41, 5.74) is 1.35. The van der Waals surface area contributed by atoms with Crippen LogP contribution in [-0.4, -0.2) is 83.5 Å². The second kappa shape index (κ2) is 21.9. The number of carbonyl (C=O) groups excluding carboxylic acids is 2. The van der Waals surface area contributed by atoms with Crippen molar-refractivity contribution in [3.05, 3.63) is 35.9 Å². The zero-order valence-electron chi connectivity index (χ0n) is 26.5. The van der Waals surface area contributed by atoms with Crippen LogP contribution in [0.15, 0.2) is 30.3 Å². The van der Waals surface area contributed by atoms with Crippen LogP contribution in [0, 0.1) is 23.2 Å². The van der Waals surface area contributed by atoms with E-state index in [9.17, 15) is 9.59 Å². The van der Waals surface area contributed by atoms with E-state index < -0.39 is 0 Å². The van der Waals surface area contributed by atoms with Gasteiger partial charge in [-0.2, -0.15) is 17.0 Å². The molecule has 0 spiro atoms. The molecule has 1 saturated carbocycles. The number of thioether (sulfide) groups is 2. The Bertz CT molecular complexity index is 913. The predicted molar refractivity (Wildman–Crippen MR) is 179 cm³/mol. The molecule has 1 saturated heterocycles. The van der Waals surface area contributed by atoms with Gasteiger partial charge in [0.05, 0.1) is 18.0 Å². The average Bonchev–Trinajstić information content (AvgIpc) is 2.98. The number of piperidine rings is 1. The van der Waals surface area contributed by atoms with Crippen molar-refractivity contribution < 1.29 is 9.59 Å². The van der Waals surface area contributed by atoms with Crippen molar-refractivity contribution in [2.45, 2.75) is 90.8 Å². The number of amides is 2. The predicted octanol–water partition coefficient (Wildman–Crippen LogP) is 5.76. The molecule has 1 aromatic rings. The Morgan fingerprint density at radius 2 is 1.76 bits per heavy atom. The first-order valence-corrected chi connectivity index (χ1v) is 18.4. The van der Waals surface area contributed by atoms with E-state index in [1.165, 1.54) is 44.6 Å². The number of hydrogen-bond acceptors (Lipinski definition) is 7. The average molecular weight is 618 g/mol. The summed E-state index contributed by atoms with van der Waals surface area (Å²) in [5, 5.41) is 14.2. The van der Waals surface area contributed by atoms with E-state index in [4.69, 9.17) is 5.26 Å². The Kier molecular flexibility index (Phi) is 19.0. The molecule has 2 aliphatic rings. The van der Waals surface area contributed by atoms with Crippen LogP contribution in [0.25, 0.3) is 0 Å². The lowest BCUT2D eigenvalue weighted by Crippen LogP contribution is -2.53. The number of carbonyl (C=O) groups is 2. The normalized spacial score (nSPS) is 17.1. The monoisotopic (exact) mass is 617 g/mol. The number of hydrogen-bond donors (Lipinski definition) is 2. The minimum atomic E-state index is -0.225. The van der Waals surface area contributed by atoms with Gasteiger partial charge in [0.2, 0.25) is 11.8 Å². The molecule has 0 aromatic heterocycles. The summed E-state index contributed by atoms with van der Waals surface area (Å²) in [6.45, 7) is 9.88. The lowest BCUT2D eigenvalue weighted by Gasteiger charge is -2.33. The maximum atomic E-state index is 13.5. The highest BCUT2D eigenvalue weighted by atomic mass is 32.2. The molecule has 0 radical (unpaired) electrons. The van der Waals surface area contributed by atoms with Crippen LogP contribution < -0.4 is 10.6 Å². The zero-order valence-corrected chi connectivity index (χ0v) is 28.1. The molecule has 7 nitrogen and oxygen atoms in total. The molecular weight excluding hydrogens is 563 g/mol. The van der Waals surface area contributed by atoms with Gasteiger partial charge in [-0.25, -0.2) is 0 Å². The van der Waals surface area contributed by atoms with E-state index in [1.807, 2.05) is 22.9 Å². The van der Waals surface area contributed by atoms with Gasteiger partial charge in [-0.05, 0) is 55.1 Å². The van der Waals surface area contributed by atoms with Crippen molar-refractivity contribution in [1.82, 2.24) is 20.4 Å². The molecule has 1 aliphatic heterocycles. The molecule has 42 heavy (non-hydrogen) atoms. The van der Waals surface area contributed by atoms with Crippen LogP contribution >= 0.6 is 23.5 Å². The Balaban J connectivity index is 0.00000197. The van der Waals surface area contributed by atoms with Gasteiger partial charge in [-0.3, -0.25) is 14.5 Å². The second-order valence-electron chi connectivity index (χ2n) is 12.0. The van der Waals surface area contributed by atoms with Crippen molar-refractivity contribution in [3.8, 4) is 6.07 Å². The quantitative estimate of drug-likeness (QED) is 0.228. The van der Waals surface area contributed by atoms with Crippen molar-refractivity contribution in [2.24, 2.45) is 11.8 Å². The van der Waals surface area contributed by atoms with Gasteiger partial charge >= 0.3 is 0 Å². The first kappa shape index (κ1) is 36.5. The highest BCUT2D eigenvalue weighted by Crippen LogP contribution is 2.27. The molecule has 1 atom stereocenters. The SMILES string of the molecule is CC#N.CSCN(CCNC(CSCC1CCCCC1)C(=O)NC1CCN(Cc2ccccc2)CC1)C(=O)CC(C)C. The van der Waals surface area contributed by atoms with Gasteiger partial charge in [0.15, 0.2) is 0 Å². The summed E-state index contributed by atoms with van der Waals surface area (Å²) >= 11 is 3.60. The fourth-order valence-corrected chi connectivity index (χ4v) is 7.47. The maximum Gasteiger partial charge on any atom is 0.238 e. The number of nitrogens with zero attached hydrogens (tertiary/aromatic N) is 3. The van der Waals surface area contributed by atoms with Gasteiger partial charge in [0.25, 0.3) is 0 Å². The summed E-state index contributed by atoms with van der Waals surface area (Å²) in [5.74, 6) is 4.11. The number of likely N-dealkylation sites (tertiary alicyclic amines) is 1. The topological polar surface area (TPSA) is 88.5 Å². The molecule has 2 amide bonds. The van der Waals surface area contributed by atoms with Crippen LogP contribution in [0.3, 0.4) is 0 Å². The smallest absolute Gasteiger partial charge is 0.238 e. The van der Waals surface area contributed by atoms with Gasteiger partial charge in [-0.1, -0.05) is 63.4 Å². The Morgan fingerprint density at radius 3 is 2.38 bits per heavy atom. The number of rotatable bonds is 16. The molecule has 2 N–H and O–H groups in total. The lowest BCUT2D eigenvalue weighted by molar-refractivity contribution is -0.130. The van der Waals surface area contributed by atoms with Crippen LogP contribution in [0.5, 0.6) is 0 Å². The van der Waals surface area contributed by atoms with Crippen molar-refractivity contribution >= 4 is 35.3 Å². The third-order valence-electron chi connectivity index (χ3n) is 7.86. The molecule has 2 fully saturated rings. The fraction of sp³-hybridized carbons (Fsp3) is 0.727. The first-order chi connectivity index (χ1) is 20.4. The molecule has 1 aromatic carbocycles. The van der Waals surface area contributed by atoms with Gasteiger partial charge in [0, 0.05) is 57.9 Å². The van der Waals surface area contributed by atoms with Crippen LogP contribution in [-0.2, 0) is 16.1 Å². The molecular formula is C33H55N5O2S2. The highest BCUT2D eigenvalue weighted by Gasteiger charge is 2.26. The van der Waals surface area contributed by atoms with E-state index in [2.05, 4.69) is 59.7 Å². The number of benzene rings is 1. The number of nitrogens with one attached hydrogen (secondary N) is 2. The van der Waals surface area contributed by atoms with E-state index in [-0.39, 0.29) is 23.9 Å². The molecule has 1 heterocycles. The largest absolute Gasteiger partial charge is 0.352 e. The van der Waals surface area contributed by atoms with Crippen LogP contribution in [0.1, 0.15) is 77.7 Å². The van der Waals surface area contributed by atoms with Gasteiger partial charge in [-0.15, -0.1) is 11.8 Å². The molecule has 1 unspecified atom stereocenters. The molecule has 3 rings (SSSR count). The minimum absolute atomic E-state index is 0.123. The summed E-state index contributed by atoms with van der Waals surface area (Å²) in [6, 6.07) is 12.4. The van der Waals surface area contributed by atoms with E-state index in [0.29, 0.717) is 31.3 Å². The number of nitriles is 1. The molecule has 1 aliphatic carbocycles. The third-order valence-corrected chi connectivity index (χ3v) is 9.70. The summed E-state index contributed by atoms with van der Waals surface area (Å²) < 4.78 is 0. The molecule has 236 valence electrons. The van der Waals surface area contributed by atoms with E-state index in [0.717, 1.165) is 49.9 Å². The van der Waals surface area contributed by atoms with Crippen molar-refractivity contribution in [3.63, 3.8) is 0 Å². The van der Waals surface area contributed by atoms with Gasteiger partial charge < -0.3 is 15.5 Å². The van der Waals surface area contributed by atoms with Gasteiger partial charge in [0.1, 0.15) is 0 Å². The third kappa shape index (κ3) is 15.1. The minimum Gasteiger partial charge on any atom is -0.352 e. The van der Waals surface area contributed by atoms with Crippen LogP contribution in [0.2, 0.25) is 0 Å². The second-order valence-corrected chi connectivity index (χ2v) is 13.9. The molecule has 0 bridgehead atoms. The standard InChI is InChI=1S/C31H52N4O2S2.C2H3N/c1-25(2)20-30(36)35(24-38-3)19-16-32-29(23-39-22-27-12-8-5-9-13-27)31(37)33-28-14-17-34(18-15-28)21-26-10-6-4-7-11-26;1-2-3/h4,6-7,10-11,25,27-29,32H,5,8-9,12-24H2,1-3H3,(H,33,37);1H3. The first-order valence-electron chi connectivity index (χ1n) is 15.8. The Morgan fingerprint density at radius 1 is 1.10 bits per heavy atom. The summed E-state index contributed by atoms with van der Waals surface area (Å²) in [6.07, 6.45) is 11.3. The zero-order chi connectivity index (χ0) is 30.6. The lowest BCUT2D eigenvalue weighted by atomic mass is 9.91.